The van der Waals surface area contributed by atoms with Crippen LogP contribution in [0.5, 0.6) is 0 Å². The molecular formula is C30H31FN2O. The van der Waals surface area contributed by atoms with E-state index < -0.39 is 0 Å². The number of hydrogen-bond donors (Lipinski definition) is 0. The fourth-order valence-electron chi connectivity index (χ4n) is 4.15. The average Bonchev–Trinajstić information content (AvgIpc) is 3.31. The van der Waals surface area contributed by atoms with Gasteiger partial charge in [-0.1, -0.05) is 74.4 Å². The van der Waals surface area contributed by atoms with E-state index >= 15 is 0 Å². The minimum Gasteiger partial charge on any atom is -0.345 e. The molecule has 0 aliphatic heterocycles. The van der Waals surface area contributed by atoms with Gasteiger partial charge in [0.15, 0.2) is 0 Å². The molecule has 0 saturated heterocycles. The first kappa shape index (κ1) is 23.5. The summed E-state index contributed by atoms with van der Waals surface area (Å²) >= 11 is 0. The lowest BCUT2D eigenvalue weighted by Crippen LogP contribution is -2.32. The standard InChI is InChI=1S/C30H31FN2O/c1-2-3-7-20-33(23-29-11-8-21-32(29)22-24-12-18-28(31)19-13-24)30(34)27-16-14-26(15-17-27)25-9-5-4-6-10-25/h4-6,8-19,21H,2-3,7,20,22-23H2,1H3. The Labute approximate surface area is 201 Å². The number of carbonyl (C=O) groups is 1. The second-order valence-corrected chi connectivity index (χ2v) is 8.63. The van der Waals surface area contributed by atoms with Crippen LogP contribution in [0.4, 0.5) is 4.39 Å². The van der Waals surface area contributed by atoms with E-state index in [1.54, 1.807) is 12.1 Å². The number of carbonyl (C=O) groups excluding carboxylic acids is 1. The Morgan fingerprint density at radius 1 is 0.824 bits per heavy atom. The molecule has 1 aromatic heterocycles. The first-order valence-corrected chi connectivity index (χ1v) is 12.0. The van der Waals surface area contributed by atoms with Crippen LogP contribution in [-0.2, 0) is 13.1 Å². The summed E-state index contributed by atoms with van der Waals surface area (Å²) < 4.78 is 15.4. The molecule has 3 nitrogen and oxygen atoms in total. The third-order valence-corrected chi connectivity index (χ3v) is 6.10. The molecule has 0 unspecified atom stereocenters. The number of aromatic nitrogens is 1. The molecule has 0 aliphatic rings. The molecular weight excluding hydrogens is 423 g/mol. The molecule has 0 radical (unpaired) electrons. The molecule has 4 rings (SSSR count). The molecule has 0 spiro atoms. The highest BCUT2D eigenvalue weighted by Gasteiger charge is 2.18. The van der Waals surface area contributed by atoms with Crippen molar-refractivity contribution in [2.45, 2.75) is 39.3 Å². The van der Waals surface area contributed by atoms with Crippen LogP contribution in [-0.4, -0.2) is 21.9 Å². The van der Waals surface area contributed by atoms with Crippen LogP contribution in [0.1, 0.15) is 47.8 Å². The van der Waals surface area contributed by atoms with Gasteiger partial charge in [-0.05, 0) is 59.5 Å². The summed E-state index contributed by atoms with van der Waals surface area (Å²) in [5, 5.41) is 0. The van der Waals surface area contributed by atoms with Gasteiger partial charge in [-0.3, -0.25) is 4.79 Å². The first-order valence-electron chi connectivity index (χ1n) is 12.0. The monoisotopic (exact) mass is 454 g/mol. The van der Waals surface area contributed by atoms with Crippen LogP contribution in [0, 0.1) is 5.82 Å². The van der Waals surface area contributed by atoms with Gasteiger partial charge in [-0.25, -0.2) is 4.39 Å². The molecule has 0 bridgehead atoms. The molecule has 0 N–H and O–H groups in total. The van der Waals surface area contributed by atoms with Crippen LogP contribution in [0.2, 0.25) is 0 Å². The molecule has 0 saturated carbocycles. The molecule has 0 atom stereocenters. The Kier molecular flexibility index (Phi) is 7.92. The SMILES string of the molecule is CCCCCN(Cc1cccn1Cc1ccc(F)cc1)C(=O)c1ccc(-c2ccccc2)cc1. The maximum Gasteiger partial charge on any atom is 0.254 e. The summed E-state index contributed by atoms with van der Waals surface area (Å²) in [6.07, 6.45) is 5.19. The summed E-state index contributed by atoms with van der Waals surface area (Å²) in [5.41, 5.74) is 5.03. The van der Waals surface area contributed by atoms with Crippen molar-refractivity contribution in [2.75, 3.05) is 6.54 Å². The zero-order valence-corrected chi connectivity index (χ0v) is 19.7. The number of rotatable bonds is 10. The molecule has 34 heavy (non-hydrogen) atoms. The van der Waals surface area contributed by atoms with E-state index in [9.17, 15) is 9.18 Å². The molecule has 1 heterocycles. The fourth-order valence-corrected chi connectivity index (χ4v) is 4.15. The van der Waals surface area contributed by atoms with Gasteiger partial charge < -0.3 is 9.47 Å². The topological polar surface area (TPSA) is 25.2 Å². The van der Waals surface area contributed by atoms with Gasteiger partial charge in [0.05, 0.1) is 6.54 Å². The van der Waals surface area contributed by atoms with Gasteiger partial charge >= 0.3 is 0 Å². The van der Waals surface area contributed by atoms with E-state index in [4.69, 9.17) is 0 Å². The average molecular weight is 455 g/mol. The third kappa shape index (κ3) is 6.02. The predicted octanol–water partition coefficient (Wildman–Crippen LogP) is 7.18. The number of halogens is 1. The van der Waals surface area contributed by atoms with E-state index in [1.807, 2.05) is 59.6 Å². The Morgan fingerprint density at radius 3 is 2.24 bits per heavy atom. The van der Waals surface area contributed by atoms with Crippen LogP contribution in [0.25, 0.3) is 11.1 Å². The van der Waals surface area contributed by atoms with E-state index in [1.165, 1.54) is 12.1 Å². The van der Waals surface area contributed by atoms with E-state index in [-0.39, 0.29) is 11.7 Å². The highest BCUT2D eigenvalue weighted by Crippen LogP contribution is 2.21. The first-order chi connectivity index (χ1) is 16.6. The smallest absolute Gasteiger partial charge is 0.254 e. The van der Waals surface area contributed by atoms with Crippen LogP contribution in [0.3, 0.4) is 0 Å². The predicted molar refractivity (Wildman–Crippen MR) is 136 cm³/mol. The highest BCUT2D eigenvalue weighted by atomic mass is 19.1. The summed E-state index contributed by atoms with van der Waals surface area (Å²) in [5.74, 6) is -0.187. The lowest BCUT2D eigenvalue weighted by Gasteiger charge is -2.24. The van der Waals surface area contributed by atoms with Crippen molar-refractivity contribution in [3.8, 4) is 11.1 Å². The van der Waals surface area contributed by atoms with Crippen LogP contribution in [0.15, 0.2) is 97.2 Å². The van der Waals surface area contributed by atoms with Crippen molar-refractivity contribution in [3.05, 3.63) is 120 Å². The third-order valence-electron chi connectivity index (χ3n) is 6.10. The number of unbranched alkanes of at least 4 members (excludes halogenated alkanes) is 2. The van der Waals surface area contributed by atoms with Crippen molar-refractivity contribution >= 4 is 5.91 Å². The molecule has 4 aromatic rings. The van der Waals surface area contributed by atoms with Gasteiger partial charge in [0.25, 0.3) is 5.91 Å². The van der Waals surface area contributed by atoms with Crippen LogP contribution >= 0.6 is 0 Å². The van der Waals surface area contributed by atoms with Gasteiger partial charge in [0, 0.05) is 30.5 Å². The zero-order chi connectivity index (χ0) is 23.8. The summed E-state index contributed by atoms with van der Waals surface area (Å²) in [4.78, 5) is 15.4. The lowest BCUT2D eigenvalue weighted by molar-refractivity contribution is 0.0736. The zero-order valence-electron chi connectivity index (χ0n) is 19.7. The summed E-state index contributed by atoms with van der Waals surface area (Å²) in [6, 6.07) is 28.7. The Bertz CT molecular complexity index is 1180. The van der Waals surface area contributed by atoms with E-state index in [0.717, 1.165) is 48.2 Å². The largest absolute Gasteiger partial charge is 0.345 e. The fraction of sp³-hybridized carbons (Fsp3) is 0.233. The van der Waals surface area contributed by atoms with Crippen molar-refractivity contribution in [1.82, 2.24) is 9.47 Å². The van der Waals surface area contributed by atoms with Gasteiger partial charge in [0.2, 0.25) is 0 Å². The molecule has 3 aromatic carbocycles. The van der Waals surface area contributed by atoms with Crippen molar-refractivity contribution in [3.63, 3.8) is 0 Å². The van der Waals surface area contributed by atoms with Gasteiger partial charge in [0.1, 0.15) is 5.82 Å². The molecule has 0 fully saturated rings. The second-order valence-electron chi connectivity index (χ2n) is 8.63. The second kappa shape index (κ2) is 11.5. The normalized spacial score (nSPS) is 10.9. The van der Waals surface area contributed by atoms with Gasteiger partial charge in [-0.2, -0.15) is 0 Å². The minimum atomic E-state index is -0.234. The maximum atomic E-state index is 13.5. The summed E-state index contributed by atoms with van der Waals surface area (Å²) in [6.45, 7) is 4.07. The van der Waals surface area contributed by atoms with Crippen LogP contribution < -0.4 is 0 Å². The molecule has 4 heteroatoms. The summed E-state index contributed by atoms with van der Waals surface area (Å²) in [7, 11) is 0. The Balaban J connectivity index is 1.51. The van der Waals surface area contributed by atoms with Crippen molar-refractivity contribution in [2.24, 2.45) is 0 Å². The van der Waals surface area contributed by atoms with E-state index in [2.05, 4.69) is 29.7 Å². The maximum absolute atomic E-state index is 13.5. The number of hydrogen-bond acceptors (Lipinski definition) is 1. The number of nitrogens with zero attached hydrogens (tertiary/aromatic N) is 2. The van der Waals surface area contributed by atoms with Crippen molar-refractivity contribution in [1.29, 1.82) is 0 Å². The number of benzene rings is 3. The Hall–Kier alpha value is -3.66. The molecule has 0 aliphatic carbocycles. The number of amides is 1. The van der Waals surface area contributed by atoms with Crippen molar-refractivity contribution < 1.29 is 9.18 Å². The Morgan fingerprint density at radius 2 is 1.53 bits per heavy atom. The van der Waals surface area contributed by atoms with Gasteiger partial charge in [-0.15, -0.1) is 0 Å². The molecule has 1 amide bonds. The lowest BCUT2D eigenvalue weighted by atomic mass is 10.0. The van der Waals surface area contributed by atoms with E-state index in [0.29, 0.717) is 18.7 Å². The highest BCUT2D eigenvalue weighted by molar-refractivity contribution is 5.94. The quantitative estimate of drug-likeness (QED) is 0.233. The molecule has 174 valence electrons. The minimum absolute atomic E-state index is 0.0465.